The van der Waals surface area contributed by atoms with E-state index in [-0.39, 0.29) is 0 Å². The molecule has 6 nitrogen and oxygen atoms in total. The molecule has 12 heavy (non-hydrogen) atoms. The summed E-state index contributed by atoms with van der Waals surface area (Å²) in [5.74, 6) is -0.0538. The fraction of sp³-hybridized carbons (Fsp3) is 0.500. The van der Waals surface area contributed by atoms with Gasteiger partial charge in [-0.3, -0.25) is 10.1 Å². The second kappa shape index (κ2) is 2.56. The minimum absolute atomic E-state index is 0.400. The van der Waals surface area contributed by atoms with Crippen molar-refractivity contribution in [3.63, 3.8) is 0 Å². The van der Waals surface area contributed by atoms with E-state index in [9.17, 15) is 4.79 Å². The molecule has 1 aliphatic rings. The Morgan fingerprint density at radius 3 is 3.42 bits per heavy atom. The number of hydrogen-bond acceptors (Lipinski definition) is 4. The summed E-state index contributed by atoms with van der Waals surface area (Å²) in [5.41, 5.74) is 0. The fourth-order valence-corrected chi connectivity index (χ4v) is 1.21. The first-order chi connectivity index (χ1) is 5.77. The first-order valence-electron chi connectivity index (χ1n) is 3.60. The third-order valence-electron chi connectivity index (χ3n) is 1.88. The molecule has 1 unspecified atom stereocenters. The van der Waals surface area contributed by atoms with E-state index in [4.69, 9.17) is 5.11 Å². The predicted molar refractivity (Wildman–Crippen MR) is 38.3 cm³/mol. The van der Waals surface area contributed by atoms with Gasteiger partial charge in [0.05, 0.1) is 13.1 Å². The fourth-order valence-electron chi connectivity index (χ4n) is 1.21. The minimum atomic E-state index is -0.839. The van der Waals surface area contributed by atoms with Crippen LogP contribution in [0.15, 0.2) is 6.33 Å². The highest BCUT2D eigenvalue weighted by atomic mass is 16.4. The van der Waals surface area contributed by atoms with Crippen molar-refractivity contribution < 1.29 is 9.90 Å². The zero-order valence-corrected chi connectivity index (χ0v) is 6.27. The molecule has 64 valence electrons. The first-order valence-corrected chi connectivity index (χ1v) is 3.60. The van der Waals surface area contributed by atoms with E-state index < -0.39 is 12.0 Å². The van der Waals surface area contributed by atoms with Gasteiger partial charge < -0.3 is 9.67 Å². The summed E-state index contributed by atoms with van der Waals surface area (Å²) >= 11 is 0. The summed E-state index contributed by atoms with van der Waals surface area (Å²) in [6.07, 6.45) is 1.55. The maximum atomic E-state index is 10.6. The van der Waals surface area contributed by atoms with E-state index in [0.29, 0.717) is 13.1 Å². The SMILES string of the molecule is O=C(O)C1Cn2cnnc2CN1. The Morgan fingerprint density at radius 1 is 1.83 bits per heavy atom. The van der Waals surface area contributed by atoms with Crippen LogP contribution in [-0.4, -0.2) is 31.9 Å². The highest BCUT2D eigenvalue weighted by Crippen LogP contribution is 2.04. The molecule has 1 aromatic heterocycles. The van der Waals surface area contributed by atoms with Gasteiger partial charge in [0.1, 0.15) is 18.2 Å². The Bertz CT molecular complexity index is 308. The number of aliphatic carboxylic acids is 1. The lowest BCUT2D eigenvalue weighted by Gasteiger charge is -2.20. The van der Waals surface area contributed by atoms with Crippen LogP contribution in [0, 0.1) is 0 Å². The van der Waals surface area contributed by atoms with Crippen molar-refractivity contribution in [3.8, 4) is 0 Å². The summed E-state index contributed by atoms with van der Waals surface area (Å²) in [7, 11) is 0. The van der Waals surface area contributed by atoms with Crippen molar-refractivity contribution in [1.29, 1.82) is 0 Å². The van der Waals surface area contributed by atoms with Crippen molar-refractivity contribution in [2.24, 2.45) is 0 Å². The van der Waals surface area contributed by atoms with Crippen LogP contribution >= 0.6 is 0 Å². The monoisotopic (exact) mass is 168 g/mol. The molecule has 0 saturated carbocycles. The molecule has 0 aliphatic carbocycles. The van der Waals surface area contributed by atoms with Crippen LogP contribution in [0.5, 0.6) is 0 Å². The van der Waals surface area contributed by atoms with Crippen LogP contribution in [0.25, 0.3) is 0 Å². The molecule has 2 rings (SSSR count). The molecule has 1 atom stereocenters. The summed E-state index contributed by atoms with van der Waals surface area (Å²) in [4.78, 5) is 10.6. The van der Waals surface area contributed by atoms with E-state index in [1.54, 1.807) is 10.9 Å². The van der Waals surface area contributed by atoms with Gasteiger partial charge in [0.15, 0.2) is 0 Å². The first kappa shape index (κ1) is 7.23. The summed E-state index contributed by atoms with van der Waals surface area (Å²) in [6.45, 7) is 0.870. The van der Waals surface area contributed by atoms with Gasteiger partial charge in [-0.1, -0.05) is 0 Å². The molecule has 6 heteroatoms. The van der Waals surface area contributed by atoms with Crippen molar-refractivity contribution in [1.82, 2.24) is 20.1 Å². The molecule has 2 heterocycles. The van der Waals surface area contributed by atoms with Gasteiger partial charge in [0.2, 0.25) is 0 Å². The zero-order chi connectivity index (χ0) is 8.55. The Balaban J connectivity index is 2.20. The number of carbonyl (C=O) groups is 1. The van der Waals surface area contributed by atoms with Gasteiger partial charge in [0.25, 0.3) is 0 Å². The minimum Gasteiger partial charge on any atom is -0.480 e. The molecule has 0 spiro atoms. The van der Waals surface area contributed by atoms with Gasteiger partial charge in [-0.15, -0.1) is 10.2 Å². The number of rotatable bonds is 1. The molecular weight excluding hydrogens is 160 g/mol. The van der Waals surface area contributed by atoms with E-state index in [1.165, 1.54) is 0 Å². The van der Waals surface area contributed by atoms with Crippen LogP contribution < -0.4 is 5.32 Å². The highest BCUT2D eigenvalue weighted by molar-refractivity contribution is 5.73. The smallest absolute Gasteiger partial charge is 0.322 e. The van der Waals surface area contributed by atoms with Gasteiger partial charge in [-0.05, 0) is 0 Å². The van der Waals surface area contributed by atoms with Gasteiger partial charge in [0, 0.05) is 0 Å². The molecule has 0 aromatic carbocycles. The topological polar surface area (TPSA) is 80.0 Å². The van der Waals surface area contributed by atoms with Crippen LogP contribution in [0.4, 0.5) is 0 Å². The molecule has 0 fully saturated rings. The Kier molecular flexibility index (Phi) is 1.54. The molecule has 0 amide bonds. The predicted octanol–water partition coefficient (Wildman–Crippen LogP) is -1.17. The molecule has 1 aliphatic heterocycles. The maximum absolute atomic E-state index is 10.6. The van der Waals surface area contributed by atoms with Gasteiger partial charge >= 0.3 is 5.97 Å². The Hall–Kier alpha value is -1.43. The van der Waals surface area contributed by atoms with E-state index in [2.05, 4.69) is 15.5 Å². The number of nitrogens with one attached hydrogen (secondary N) is 1. The summed E-state index contributed by atoms with van der Waals surface area (Å²) in [5, 5.41) is 19.0. The molecule has 0 bridgehead atoms. The van der Waals surface area contributed by atoms with E-state index in [1.807, 2.05) is 0 Å². The number of carboxylic acids is 1. The third-order valence-corrected chi connectivity index (χ3v) is 1.88. The average Bonchev–Trinajstić information content (AvgIpc) is 2.49. The Labute approximate surface area is 68.2 Å². The van der Waals surface area contributed by atoms with Crippen LogP contribution in [0.2, 0.25) is 0 Å². The Morgan fingerprint density at radius 2 is 2.67 bits per heavy atom. The summed E-state index contributed by atoms with van der Waals surface area (Å²) < 4.78 is 1.75. The normalized spacial score (nSPS) is 21.8. The van der Waals surface area contributed by atoms with Crippen molar-refractivity contribution in [2.45, 2.75) is 19.1 Å². The molecule has 1 aromatic rings. The summed E-state index contributed by atoms with van der Waals surface area (Å²) in [6, 6.07) is -0.520. The number of carboxylic acid groups (broad SMARTS) is 1. The quantitative estimate of drug-likeness (QED) is 0.552. The number of hydrogen-bond donors (Lipinski definition) is 2. The number of aromatic nitrogens is 3. The van der Waals surface area contributed by atoms with Gasteiger partial charge in [-0.25, -0.2) is 0 Å². The zero-order valence-electron chi connectivity index (χ0n) is 6.27. The lowest BCUT2D eigenvalue weighted by Crippen LogP contribution is -2.44. The second-order valence-electron chi connectivity index (χ2n) is 2.67. The van der Waals surface area contributed by atoms with Crippen LogP contribution in [0.3, 0.4) is 0 Å². The molecule has 0 saturated heterocycles. The third kappa shape index (κ3) is 1.06. The van der Waals surface area contributed by atoms with Crippen LogP contribution in [0.1, 0.15) is 5.82 Å². The van der Waals surface area contributed by atoms with Crippen molar-refractivity contribution in [2.75, 3.05) is 0 Å². The average molecular weight is 168 g/mol. The van der Waals surface area contributed by atoms with Crippen molar-refractivity contribution >= 4 is 5.97 Å². The molecular formula is C6H8N4O2. The van der Waals surface area contributed by atoms with Crippen LogP contribution in [-0.2, 0) is 17.9 Å². The second-order valence-corrected chi connectivity index (χ2v) is 2.67. The lowest BCUT2D eigenvalue weighted by atomic mass is 10.2. The number of nitrogens with zero attached hydrogens (tertiary/aromatic N) is 3. The van der Waals surface area contributed by atoms with Gasteiger partial charge in [-0.2, -0.15) is 0 Å². The van der Waals surface area contributed by atoms with E-state index >= 15 is 0 Å². The molecule has 2 N–H and O–H groups in total. The maximum Gasteiger partial charge on any atom is 0.322 e. The largest absolute Gasteiger partial charge is 0.480 e. The molecule has 0 radical (unpaired) electrons. The number of fused-ring (bicyclic) bond motifs is 1. The van der Waals surface area contributed by atoms with Crippen molar-refractivity contribution in [3.05, 3.63) is 12.2 Å². The lowest BCUT2D eigenvalue weighted by molar-refractivity contribution is -0.140. The van der Waals surface area contributed by atoms with E-state index in [0.717, 1.165) is 5.82 Å². The standard InChI is InChI=1S/C6H8N4O2/c11-6(12)4-2-10-3-8-9-5(10)1-7-4/h3-4,7H,1-2H2,(H,11,12). The highest BCUT2D eigenvalue weighted by Gasteiger charge is 2.23.